The molecule has 2 N–H and O–H groups in total. The summed E-state index contributed by atoms with van der Waals surface area (Å²) in [6, 6.07) is 7.52. The molecule has 0 amide bonds. The van der Waals surface area contributed by atoms with Gasteiger partial charge in [0.15, 0.2) is 0 Å². The molecule has 1 aliphatic rings. The molecule has 0 unspecified atom stereocenters. The Hall–Kier alpha value is -1.08. The van der Waals surface area contributed by atoms with E-state index in [-0.39, 0.29) is 0 Å². The lowest BCUT2D eigenvalue weighted by Crippen LogP contribution is -2.43. The lowest BCUT2D eigenvalue weighted by molar-refractivity contribution is 0.127. The number of likely N-dealkylation sites (tertiary alicyclic amines) is 1. The summed E-state index contributed by atoms with van der Waals surface area (Å²) >= 11 is 0. The zero-order valence-electron chi connectivity index (χ0n) is 12.9. The van der Waals surface area contributed by atoms with Gasteiger partial charge in [-0.15, -0.1) is 0 Å². The molecule has 1 saturated heterocycles. The second-order valence-corrected chi connectivity index (χ2v) is 5.81. The van der Waals surface area contributed by atoms with Crippen LogP contribution >= 0.6 is 0 Å². The highest BCUT2D eigenvalue weighted by atomic mass is 16.5. The Labute approximate surface area is 127 Å². The van der Waals surface area contributed by atoms with Crippen LogP contribution < -0.4 is 10.2 Å². The number of benzene rings is 1. The van der Waals surface area contributed by atoms with Crippen molar-refractivity contribution in [1.82, 2.24) is 9.80 Å². The molecule has 1 fully saturated rings. The van der Waals surface area contributed by atoms with E-state index in [0.717, 1.165) is 12.3 Å². The van der Waals surface area contributed by atoms with Crippen LogP contribution in [-0.4, -0.2) is 73.3 Å². The van der Waals surface area contributed by atoms with E-state index in [4.69, 9.17) is 14.8 Å². The minimum absolute atomic E-state index is 0.478. The summed E-state index contributed by atoms with van der Waals surface area (Å²) in [7, 11) is 2.91. The smallest absolute Gasteiger partial charge is 0.488 e. The first-order chi connectivity index (χ1) is 10.1. The number of ether oxygens (including phenoxy) is 1. The molecule has 0 spiro atoms. The number of rotatable bonds is 6. The highest BCUT2D eigenvalue weighted by molar-refractivity contribution is 6.58. The molecule has 0 atom stereocenters. The third-order valence-corrected chi connectivity index (χ3v) is 4.20. The van der Waals surface area contributed by atoms with Gasteiger partial charge in [-0.3, -0.25) is 4.90 Å². The van der Waals surface area contributed by atoms with Gasteiger partial charge in [0.1, 0.15) is 12.4 Å². The minimum atomic E-state index is -1.42. The predicted molar refractivity (Wildman–Crippen MR) is 84.9 cm³/mol. The van der Waals surface area contributed by atoms with Crippen molar-refractivity contribution >= 4 is 12.6 Å². The minimum Gasteiger partial charge on any atom is -0.492 e. The number of likely N-dealkylation sites (N-methyl/N-ethyl adjacent to an activating group) is 1. The first kappa shape index (κ1) is 16.3. The van der Waals surface area contributed by atoms with E-state index in [1.807, 2.05) is 0 Å². The van der Waals surface area contributed by atoms with E-state index < -0.39 is 7.12 Å². The van der Waals surface area contributed by atoms with Crippen LogP contribution in [0.5, 0.6) is 5.75 Å². The molecule has 0 aromatic heterocycles. The zero-order chi connectivity index (χ0) is 15.2. The normalized spacial score (nSPS) is 17.2. The van der Waals surface area contributed by atoms with Gasteiger partial charge in [-0.05, 0) is 57.6 Å². The third kappa shape index (κ3) is 5.00. The number of hydrogen-bond acceptors (Lipinski definition) is 5. The molecule has 1 heterocycles. The van der Waals surface area contributed by atoms with Gasteiger partial charge < -0.3 is 19.7 Å². The largest absolute Gasteiger partial charge is 0.492 e. The Morgan fingerprint density at radius 2 is 1.86 bits per heavy atom. The highest BCUT2D eigenvalue weighted by Gasteiger charge is 2.20. The molecule has 5 nitrogen and oxygen atoms in total. The summed E-state index contributed by atoms with van der Waals surface area (Å²) in [4.78, 5) is 4.75. The number of piperidine rings is 1. The van der Waals surface area contributed by atoms with E-state index in [2.05, 4.69) is 23.9 Å². The maximum atomic E-state index is 9.03. The van der Waals surface area contributed by atoms with Crippen molar-refractivity contribution in [2.45, 2.75) is 18.9 Å². The summed E-state index contributed by atoms with van der Waals surface area (Å²) in [5.41, 5.74) is 0.478. The van der Waals surface area contributed by atoms with Gasteiger partial charge in [0.2, 0.25) is 0 Å². The quantitative estimate of drug-likeness (QED) is 0.710. The predicted octanol–water partition coefficient (Wildman–Crippen LogP) is -0.229. The fourth-order valence-electron chi connectivity index (χ4n) is 2.66. The SMILES string of the molecule is CN1CCC(N(C)CCOc2ccc(B(O)O)cc2)CC1. The second-order valence-electron chi connectivity index (χ2n) is 5.81. The molecule has 116 valence electrons. The van der Waals surface area contributed by atoms with E-state index in [9.17, 15) is 0 Å². The maximum absolute atomic E-state index is 9.03. The van der Waals surface area contributed by atoms with Gasteiger partial charge in [0.25, 0.3) is 0 Å². The van der Waals surface area contributed by atoms with Gasteiger partial charge >= 0.3 is 7.12 Å². The Balaban J connectivity index is 1.71. The Bertz CT molecular complexity index is 419. The number of hydrogen-bond donors (Lipinski definition) is 2. The van der Waals surface area contributed by atoms with Crippen LogP contribution in [0.25, 0.3) is 0 Å². The molecule has 21 heavy (non-hydrogen) atoms. The van der Waals surface area contributed by atoms with Gasteiger partial charge in [-0.2, -0.15) is 0 Å². The van der Waals surface area contributed by atoms with Crippen LogP contribution in [0, 0.1) is 0 Å². The van der Waals surface area contributed by atoms with Crippen LogP contribution in [0.3, 0.4) is 0 Å². The van der Waals surface area contributed by atoms with Crippen molar-refractivity contribution in [1.29, 1.82) is 0 Å². The van der Waals surface area contributed by atoms with E-state index in [0.29, 0.717) is 18.1 Å². The fraction of sp³-hybridized carbons (Fsp3) is 0.600. The standard InChI is InChI=1S/C15H25BN2O3/c1-17-9-7-14(8-10-17)18(2)11-12-21-15-5-3-13(4-6-15)16(19)20/h3-6,14,19-20H,7-12H2,1-2H3. The number of nitrogens with zero attached hydrogens (tertiary/aromatic N) is 2. The van der Waals surface area contributed by atoms with Gasteiger partial charge in [-0.25, -0.2) is 0 Å². The average molecular weight is 292 g/mol. The maximum Gasteiger partial charge on any atom is 0.488 e. The van der Waals surface area contributed by atoms with Crippen LogP contribution in [-0.2, 0) is 0 Å². The first-order valence-corrected chi connectivity index (χ1v) is 7.54. The monoisotopic (exact) mass is 292 g/mol. The molecule has 1 aromatic carbocycles. The van der Waals surface area contributed by atoms with Gasteiger partial charge in [-0.1, -0.05) is 12.1 Å². The van der Waals surface area contributed by atoms with E-state index >= 15 is 0 Å². The lowest BCUT2D eigenvalue weighted by Gasteiger charge is -2.35. The van der Waals surface area contributed by atoms with Crippen LogP contribution in [0.4, 0.5) is 0 Å². The van der Waals surface area contributed by atoms with Crippen molar-refractivity contribution in [3.63, 3.8) is 0 Å². The molecule has 6 heteroatoms. The lowest BCUT2D eigenvalue weighted by atomic mass is 9.80. The Morgan fingerprint density at radius 3 is 2.43 bits per heavy atom. The summed E-state index contributed by atoms with van der Waals surface area (Å²) in [6.45, 7) is 3.88. The summed E-state index contributed by atoms with van der Waals surface area (Å²) in [6.07, 6.45) is 2.44. The summed E-state index contributed by atoms with van der Waals surface area (Å²) < 4.78 is 5.71. The van der Waals surface area contributed by atoms with Crippen LogP contribution in [0.15, 0.2) is 24.3 Å². The highest BCUT2D eigenvalue weighted by Crippen LogP contribution is 2.14. The molecule has 0 radical (unpaired) electrons. The first-order valence-electron chi connectivity index (χ1n) is 7.54. The molecule has 1 aliphatic heterocycles. The zero-order valence-corrected chi connectivity index (χ0v) is 12.9. The molecular weight excluding hydrogens is 267 g/mol. The van der Waals surface area contributed by atoms with Crippen molar-refractivity contribution in [2.24, 2.45) is 0 Å². The Kier molecular flexibility index (Phi) is 6.05. The summed E-state index contributed by atoms with van der Waals surface area (Å²) in [5.74, 6) is 0.760. The van der Waals surface area contributed by atoms with Crippen molar-refractivity contribution < 1.29 is 14.8 Å². The van der Waals surface area contributed by atoms with Gasteiger partial charge in [0, 0.05) is 12.6 Å². The summed E-state index contributed by atoms with van der Waals surface area (Å²) in [5, 5.41) is 18.1. The molecule has 0 saturated carbocycles. The van der Waals surface area contributed by atoms with Crippen molar-refractivity contribution in [2.75, 3.05) is 40.3 Å². The topological polar surface area (TPSA) is 56.2 Å². The molecule has 1 aromatic rings. The molecular formula is C15H25BN2O3. The third-order valence-electron chi connectivity index (χ3n) is 4.20. The van der Waals surface area contributed by atoms with Crippen molar-refractivity contribution in [3.05, 3.63) is 24.3 Å². The average Bonchev–Trinajstić information content (AvgIpc) is 2.48. The molecule has 0 aliphatic carbocycles. The molecule has 0 bridgehead atoms. The van der Waals surface area contributed by atoms with Gasteiger partial charge in [0.05, 0.1) is 0 Å². The molecule has 2 rings (SSSR count). The van der Waals surface area contributed by atoms with Crippen LogP contribution in [0.1, 0.15) is 12.8 Å². The fourth-order valence-corrected chi connectivity index (χ4v) is 2.66. The van der Waals surface area contributed by atoms with E-state index in [1.54, 1.807) is 24.3 Å². The Morgan fingerprint density at radius 1 is 1.24 bits per heavy atom. The van der Waals surface area contributed by atoms with Crippen molar-refractivity contribution in [3.8, 4) is 5.75 Å². The van der Waals surface area contributed by atoms with E-state index in [1.165, 1.54) is 25.9 Å². The second kappa shape index (κ2) is 7.80. The van der Waals surface area contributed by atoms with Crippen LogP contribution in [0.2, 0.25) is 0 Å².